The number of para-hydroxylation sites is 1. The summed E-state index contributed by atoms with van der Waals surface area (Å²) in [4.78, 5) is 24.3. The molecule has 0 aliphatic rings. The first-order chi connectivity index (χ1) is 12.7. The molecule has 1 aromatic carbocycles. The van der Waals surface area contributed by atoms with Crippen molar-refractivity contribution in [2.45, 2.75) is 0 Å². The van der Waals surface area contributed by atoms with Crippen LogP contribution in [0, 0.1) is 0 Å². The number of H-pyrrole nitrogens is 1. The van der Waals surface area contributed by atoms with Crippen molar-refractivity contribution in [3.8, 4) is 0 Å². The maximum atomic E-state index is 11.7. The Balaban J connectivity index is 1.74. The second kappa shape index (κ2) is 6.73. The zero-order valence-electron chi connectivity index (χ0n) is 13.1. The molecule has 10 heteroatoms. The van der Waals surface area contributed by atoms with E-state index >= 15 is 0 Å². The number of hydrogen-bond acceptors (Lipinski definition) is 7. The van der Waals surface area contributed by atoms with Gasteiger partial charge in [-0.1, -0.05) is 22.9 Å². The van der Waals surface area contributed by atoms with E-state index in [4.69, 9.17) is 11.6 Å². The average molecular weight is 367 g/mol. The predicted octanol–water partition coefficient (Wildman–Crippen LogP) is 2.73. The Morgan fingerprint density at radius 2 is 2.12 bits per heavy atom. The van der Waals surface area contributed by atoms with Crippen LogP contribution in [0.2, 0.25) is 0 Å². The van der Waals surface area contributed by atoms with E-state index in [1.807, 2.05) is 18.2 Å². The van der Waals surface area contributed by atoms with Gasteiger partial charge in [0, 0.05) is 17.0 Å². The lowest BCUT2D eigenvalue weighted by atomic mass is 10.2. The van der Waals surface area contributed by atoms with Gasteiger partial charge in [0.15, 0.2) is 0 Å². The van der Waals surface area contributed by atoms with E-state index in [0.717, 1.165) is 22.3 Å². The monoisotopic (exact) mass is 366 g/mol. The third-order valence-electron chi connectivity index (χ3n) is 3.60. The van der Waals surface area contributed by atoms with Gasteiger partial charge in [-0.05, 0) is 18.2 Å². The average Bonchev–Trinajstić information content (AvgIpc) is 3.12. The summed E-state index contributed by atoms with van der Waals surface area (Å²) in [7, 11) is 0. The summed E-state index contributed by atoms with van der Waals surface area (Å²) >= 11 is 5.41. The van der Waals surface area contributed by atoms with Gasteiger partial charge < -0.3 is 10.6 Å². The van der Waals surface area contributed by atoms with Crippen molar-refractivity contribution in [2.24, 2.45) is 0 Å². The Morgan fingerprint density at radius 3 is 3.00 bits per heavy atom. The molecular formula is C16H11ClN8O. The van der Waals surface area contributed by atoms with Crippen molar-refractivity contribution in [2.75, 3.05) is 10.6 Å². The summed E-state index contributed by atoms with van der Waals surface area (Å²) in [6, 6.07) is 7.28. The highest BCUT2D eigenvalue weighted by Crippen LogP contribution is 2.27. The third-order valence-corrected chi connectivity index (χ3v) is 3.73. The van der Waals surface area contributed by atoms with Crippen LogP contribution in [-0.4, -0.2) is 36.3 Å². The molecule has 3 N–H and O–H groups in total. The van der Waals surface area contributed by atoms with Crippen LogP contribution in [0.4, 0.5) is 17.3 Å². The number of anilines is 3. The van der Waals surface area contributed by atoms with Gasteiger partial charge in [-0.2, -0.15) is 0 Å². The van der Waals surface area contributed by atoms with E-state index in [0.29, 0.717) is 22.5 Å². The predicted molar refractivity (Wildman–Crippen MR) is 98.1 cm³/mol. The Morgan fingerprint density at radius 1 is 1.19 bits per heavy atom. The molecule has 128 valence electrons. The molecule has 3 heterocycles. The maximum absolute atomic E-state index is 11.7. The lowest BCUT2D eigenvalue weighted by Gasteiger charge is -2.10. The van der Waals surface area contributed by atoms with Gasteiger partial charge in [0.25, 0.3) is 0 Å². The van der Waals surface area contributed by atoms with Crippen LogP contribution in [0.25, 0.3) is 21.9 Å². The van der Waals surface area contributed by atoms with Gasteiger partial charge >= 0.3 is 0 Å². The van der Waals surface area contributed by atoms with E-state index in [-0.39, 0.29) is 5.91 Å². The third kappa shape index (κ3) is 3.03. The van der Waals surface area contributed by atoms with Crippen LogP contribution in [0.1, 0.15) is 0 Å². The lowest BCUT2D eigenvalue weighted by molar-refractivity contribution is -0.111. The van der Waals surface area contributed by atoms with Gasteiger partial charge in [0.1, 0.15) is 29.0 Å². The summed E-state index contributed by atoms with van der Waals surface area (Å²) in [5.41, 5.74) is 4.01. The summed E-state index contributed by atoms with van der Waals surface area (Å²) in [5, 5.41) is 17.2. The van der Waals surface area contributed by atoms with Gasteiger partial charge in [0.05, 0.1) is 17.4 Å². The standard InChI is InChI=1S/C16H11ClN8O/c17-5-4-14(26)22-13-6-9-12(7-18-13)19-8-20-16(9)21-10-2-1-3-11-15(10)24-25-23-11/h1-8H,(H,18,22,26)(H,19,20,21)(H,23,24,25). The van der Waals surface area contributed by atoms with Crippen LogP contribution < -0.4 is 10.6 Å². The quantitative estimate of drug-likeness (QED) is 0.475. The number of nitrogens with one attached hydrogen (secondary N) is 3. The van der Waals surface area contributed by atoms with E-state index in [1.165, 1.54) is 12.4 Å². The number of aromatic nitrogens is 6. The molecule has 0 saturated heterocycles. The number of amides is 1. The molecule has 0 spiro atoms. The number of hydrogen-bond donors (Lipinski definition) is 3. The van der Waals surface area contributed by atoms with Crippen LogP contribution >= 0.6 is 11.6 Å². The molecule has 26 heavy (non-hydrogen) atoms. The van der Waals surface area contributed by atoms with Crippen molar-refractivity contribution in [1.29, 1.82) is 0 Å². The summed E-state index contributed by atoms with van der Waals surface area (Å²) in [6.45, 7) is 0. The van der Waals surface area contributed by atoms with Crippen molar-refractivity contribution in [1.82, 2.24) is 30.4 Å². The van der Waals surface area contributed by atoms with Crippen LogP contribution in [0.15, 0.2) is 48.4 Å². The van der Waals surface area contributed by atoms with Crippen molar-refractivity contribution >= 4 is 56.8 Å². The molecule has 9 nitrogen and oxygen atoms in total. The molecular weight excluding hydrogens is 356 g/mol. The molecule has 0 radical (unpaired) electrons. The van der Waals surface area contributed by atoms with E-state index < -0.39 is 0 Å². The number of nitrogens with zero attached hydrogens (tertiary/aromatic N) is 5. The van der Waals surface area contributed by atoms with Crippen molar-refractivity contribution in [3.05, 3.63) is 48.4 Å². The van der Waals surface area contributed by atoms with E-state index in [2.05, 4.69) is 41.0 Å². The minimum Gasteiger partial charge on any atom is -0.338 e. The number of halogens is 1. The molecule has 3 aromatic heterocycles. The largest absolute Gasteiger partial charge is 0.338 e. The molecule has 0 atom stereocenters. The van der Waals surface area contributed by atoms with Crippen molar-refractivity contribution in [3.63, 3.8) is 0 Å². The highest BCUT2D eigenvalue weighted by Gasteiger charge is 2.10. The fraction of sp³-hybridized carbons (Fsp3) is 0. The Labute approximate surface area is 151 Å². The van der Waals surface area contributed by atoms with Crippen molar-refractivity contribution < 1.29 is 4.79 Å². The number of aromatic amines is 1. The van der Waals surface area contributed by atoms with E-state index in [1.54, 1.807) is 12.3 Å². The number of rotatable bonds is 4. The van der Waals surface area contributed by atoms with E-state index in [9.17, 15) is 4.79 Å². The fourth-order valence-electron chi connectivity index (χ4n) is 2.45. The number of carbonyl (C=O) groups is 1. The van der Waals surface area contributed by atoms with Gasteiger partial charge in [0.2, 0.25) is 5.91 Å². The number of benzene rings is 1. The smallest absolute Gasteiger partial charge is 0.250 e. The Bertz CT molecular complexity index is 1140. The highest BCUT2D eigenvalue weighted by atomic mass is 35.5. The highest BCUT2D eigenvalue weighted by molar-refractivity contribution is 6.27. The zero-order chi connectivity index (χ0) is 17.9. The van der Waals surface area contributed by atoms with Gasteiger partial charge in [-0.15, -0.1) is 5.10 Å². The summed E-state index contributed by atoms with van der Waals surface area (Å²) < 4.78 is 0. The lowest BCUT2D eigenvalue weighted by Crippen LogP contribution is -2.09. The van der Waals surface area contributed by atoms with Crippen LogP contribution in [-0.2, 0) is 4.79 Å². The summed E-state index contributed by atoms with van der Waals surface area (Å²) in [6.07, 6.45) is 4.19. The molecule has 0 aliphatic carbocycles. The molecule has 0 unspecified atom stereocenters. The van der Waals surface area contributed by atoms with Gasteiger partial charge in [-0.3, -0.25) is 9.89 Å². The molecule has 4 rings (SSSR count). The first-order valence-electron chi connectivity index (χ1n) is 7.50. The van der Waals surface area contributed by atoms with Crippen LogP contribution in [0.3, 0.4) is 0 Å². The minimum absolute atomic E-state index is 0.358. The minimum atomic E-state index is -0.383. The zero-order valence-corrected chi connectivity index (χ0v) is 13.9. The molecule has 4 aromatic rings. The van der Waals surface area contributed by atoms with Gasteiger partial charge in [-0.25, -0.2) is 15.0 Å². The SMILES string of the molecule is O=C(C=CCl)Nc1cc2c(Nc3cccc4nn[nH]c34)ncnc2cn1. The molecule has 0 saturated carbocycles. The number of fused-ring (bicyclic) bond motifs is 2. The number of pyridine rings is 1. The fourth-order valence-corrected chi connectivity index (χ4v) is 2.57. The Hall–Kier alpha value is -3.59. The second-order valence-electron chi connectivity index (χ2n) is 5.23. The summed E-state index contributed by atoms with van der Waals surface area (Å²) in [5.74, 6) is 0.533. The molecule has 1 amide bonds. The van der Waals surface area contributed by atoms with Crippen LogP contribution in [0.5, 0.6) is 0 Å². The normalized spacial score (nSPS) is 11.3. The molecule has 0 aliphatic heterocycles. The first kappa shape index (κ1) is 15.9. The Kier molecular flexibility index (Phi) is 4.12. The second-order valence-corrected chi connectivity index (χ2v) is 5.48. The topological polar surface area (TPSA) is 121 Å². The maximum Gasteiger partial charge on any atom is 0.250 e. The molecule has 0 bridgehead atoms. The number of carbonyl (C=O) groups excluding carboxylic acids is 1. The first-order valence-corrected chi connectivity index (χ1v) is 7.93. The molecule has 0 fully saturated rings.